The fourth-order valence-corrected chi connectivity index (χ4v) is 5.86. The highest BCUT2D eigenvalue weighted by atomic mass is 35.5. The molecule has 42 heavy (non-hydrogen) atoms. The van der Waals surface area contributed by atoms with Crippen LogP contribution in [-0.4, -0.2) is 27.0 Å². The van der Waals surface area contributed by atoms with Crippen LogP contribution in [0.5, 0.6) is 0 Å². The monoisotopic (exact) mass is 608 g/mol. The molecular weight excluding hydrogens is 588 g/mol. The fourth-order valence-electron chi connectivity index (χ4n) is 4.62. The van der Waals surface area contributed by atoms with Gasteiger partial charge < -0.3 is 9.15 Å². The zero-order valence-corrected chi connectivity index (χ0v) is 23.9. The Hall–Kier alpha value is -4.88. The van der Waals surface area contributed by atoms with Gasteiger partial charge in [0.05, 0.1) is 43.3 Å². The maximum Gasteiger partial charge on any atom is 0.338 e. The molecule has 0 unspecified atom stereocenters. The van der Waals surface area contributed by atoms with Crippen molar-refractivity contribution in [3.8, 4) is 11.3 Å². The van der Waals surface area contributed by atoms with Gasteiger partial charge in [0.1, 0.15) is 11.5 Å². The molecule has 0 saturated carbocycles. The molecule has 3 heterocycles. The number of aromatic nitrogens is 1. The lowest BCUT2D eigenvalue weighted by molar-refractivity contribution is -0.385. The van der Waals surface area contributed by atoms with Crippen LogP contribution in [0.3, 0.4) is 0 Å². The van der Waals surface area contributed by atoms with Gasteiger partial charge in [-0.3, -0.25) is 29.6 Å². The van der Waals surface area contributed by atoms with E-state index in [9.17, 15) is 29.8 Å². The number of nitro benzene ring substituents is 2. The second-order valence-electron chi connectivity index (χ2n) is 9.23. The summed E-state index contributed by atoms with van der Waals surface area (Å²) >= 11 is 7.29. The first-order valence-electron chi connectivity index (χ1n) is 12.5. The van der Waals surface area contributed by atoms with Crippen molar-refractivity contribution in [2.45, 2.75) is 26.8 Å². The van der Waals surface area contributed by atoms with Gasteiger partial charge in [0.25, 0.3) is 16.9 Å². The number of hydrogen-bond acceptors (Lipinski definition) is 10. The summed E-state index contributed by atoms with van der Waals surface area (Å²) in [5, 5.41) is 23.2. The molecule has 12 nitrogen and oxygen atoms in total. The van der Waals surface area contributed by atoms with Crippen LogP contribution in [0.2, 0.25) is 5.02 Å². The summed E-state index contributed by atoms with van der Waals surface area (Å²) in [5.74, 6) is -0.166. The minimum atomic E-state index is -1.03. The summed E-state index contributed by atoms with van der Waals surface area (Å²) in [4.78, 5) is 53.5. The van der Waals surface area contributed by atoms with E-state index in [1.54, 1.807) is 45.0 Å². The summed E-state index contributed by atoms with van der Waals surface area (Å²) in [6, 6.07) is 10.6. The maximum absolute atomic E-state index is 13.8. The van der Waals surface area contributed by atoms with Crippen molar-refractivity contribution >= 4 is 46.4 Å². The number of benzene rings is 2. The molecule has 0 saturated heterocycles. The van der Waals surface area contributed by atoms with Gasteiger partial charge in [0, 0.05) is 35.4 Å². The summed E-state index contributed by atoms with van der Waals surface area (Å²) in [7, 11) is 0. The van der Waals surface area contributed by atoms with E-state index in [0.29, 0.717) is 22.4 Å². The molecule has 214 valence electrons. The van der Waals surface area contributed by atoms with Gasteiger partial charge >= 0.3 is 5.97 Å². The van der Waals surface area contributed by atoms with Gasteiger partial charge in [0.2, 0.25) is 0 Å². The molecule has 1 atom stereocenters. The zero-order valence-electron chi connectivity index (χ0n) is 22.3. The lowest BCUT2D eigenvalue weighted by Gasteiger charge is -2.24. The van der Waals surface area contributed by atoms with Gasteiger partial charge in [0.15, 0.2) is 4.80 Å². The van der Waals surface area contributed by atoms with Crippen LogP contribution in [-0.2, 0) is 9.53 Å². The highest BCUT2D eigenvalue weighted by Gasteiger charge is 2.34. The van der Waals surface area contributed by atoms with Crippen LogP contribution in [0.25, 0.3) is 17.4 Å². The number of esters is 1. The number of nitrogens with zero attached hydrogens (tertiary/aromatic N) is 4. The van der Waals surface area contributed by atoms with E-state index < -0.39 is 27.4 Å². The highest BCUT2D eigenvalue weighted by Crippen LogP contribution is 2.34. The molecule has 0 amide bonds. The molecule has 0 spiro atoms. The molecule has 0 fully saturated rings. The SMILES string of the molecule is CCOC(=O)C1=C(C)N=c2s/c(=C/c3ccc(-c4cc([N+](=O)[O-])ccc4Cl)o3)c(=O)n2[C@@H]1c1ccc(C)c([N+](=O)[O-])c1. The fraction of sp³-hybridized carbons (Fsp3) is 0.179. The van der Waals surface area contributed by atoms with E-state index in [1.807, 2.05) is 0 Å². The first-order chi connectivity index (χ1) is 20.0. The van der Waals surface area contributed by atoms with E-state index in [2.05, 4.69) is 4.99 Å². The third-order valence-electron chi connectivity index (χ3n) is 6.59. The van der Waals surface area contributed by atoms with E-state index in [1.165, 1.54) is 34.9 Å². The number of halogens is 1. The number of hydrogen-bond donors (Lipinski definition) is 0. The maximum atomic E-state index is 13.8. The number of fused-ring (bicyclic) bond motifs is 1. The number of carbonyl (C=O) groups is 1. The highest BCUT2D eigenvalue weighted by molar-refractivity contribution is 7.07. The third kappa shape index (κ3) is 5.15. The standard InChI is InChI=1S/C28H21ClN4O8S/c1-4-40-27(35)24-15(3)30-28-31(25(24)16-6-5-14(2)21(11-16)33(38)39)26(34)23(42-28)13-18-8-10-22(41-18)19-12-17(32(36)37)7-9-20(19)29/h5-13,25H,4H2,1-3H3/b23-13+/t25-/m1/s1. The second-order valence-corrected chi connectivity index (χ2v) is 10.6. The number of thiazole rings is 1. The van der Waals surface area contributed by atoms with Crippen LogP contribution >= 0.6 is 22.9 Å². The molecular formula is C28H21ClN4O8S. The van der Waals surface area contributed by atoms with Crippen molar-refractivity contribution in [3.05, 3.63) is 122 Å². The predicted octanol–water partition coefficient (Wildman–Crippen LogP) is 4.84. The second kappa shape index (κ2) is 11.2. The topological polar surface area (TPSA) is 160 Å². The van der Waals surface area contributed by atoms with Crippen LogP contribution in [0.15, 0.2) is 74.0 Å². The quantitative estimate of drug-likeness (QED) is 0.164. The van der Waals surface area contributed by atoms with E-state index in [4.69, 9.17) is 20.8 Å². The van der Waals surface area contributed by atoms with Crippen molar-refractivity contribution in [2.75, 3.05) is 6.61 Å². The lowest BCUT2D eigenvalue weighted by Crippen LogP contribution is -2.40. The third-order valence-corrected chi connectivity index (χ3v) is 7.90. The summed E-state index contributed by atoms with van der Waals surface area (Å²) in [6.07, 6.45) is 1.48. The number of non-ortho nitro benzene ring substituents is 1. The van der Waals surface area contributed by atoms with Gasteiger partial charge in [-0.15, -0.1) is 0 Å². The Kier molecular flexibility index (Phi) is 7.63. The molecule has 2 aromatic carbocycles. The average Bonchev–Trinajstić information content (AvgIpc) is 3.52. The molecule has 0 N–H and O–H groups in total. The molecule has 0 aliphatic carbocycles. The molecule has 0 bridgehead atoms. The number of nitro groups is 2. The van der Waals surface area contributed by atoms with Gasteiger partial charge in [-0.2, -0.15) is 0 Å². The van der Waals surface area contributed by atoms with Gasteiger partial charge in [-0.25, -0.2) is 9.79 Å². The Balaban J connectivity index is 1.66. The van der Waals surface area contributed by atoms with Crippen molar-refractivity contribution in [3.63, 3.8) is 0 Å². The van der Waals surface area contributed by atoms with Crippen molar-refractivity contribution in [2.24, 2.45) is 4.99 Å². The first-order valence-corrected chi connectivity index (χ1v) is 13.7. The Morgan fingerprint density at radius 2 is 1.90 bits per heavy atom. The normalized spacial score (nSPS) is 14.9. The largest absolute Gasteiger partial charge is 0.463 e. The van der Waals surface area contributed by atoms with Crippen LogP contribution in [0, 0.1) is 27.2 Å². The van der Waals surface area contributed by atoms with Crippen molar-refractivity contribution in [1.29, 1.82) is 0 Å². The van der Waals surface area contributed by atoms with Crippen molar-refractivity contribution in [1.82, 2.24) is 4.57 Å². The van der Waals surface area contributed by atoms with E-state index in [-0.39, 0.29) is 49.4 Å². The Bertz CT molecular complexity index is 2010. The Morgan fingerprint density at radius 1 is 1.14 bits per heavy atom. The number of furan rings is 1. The first kappa shape index (κ1) is 28.6. The minimum Gasteiger partial charge on any atom is -0.463 e. The summed E-state index contributed by atoms with van der Waals surface area (Å²) in [6.45, 7) is 4.93. The summed E-state index contributed by atoms with van der Waals surface area (Å²) < 4.78 is 12.6. The Morgan fingerprint density at radius 3 is 2.60 bits per heavy atom. The van der Waals surface area contributed by atoms with Crippen LogP contribution in [0.1, 0.15) is 36.8 Å². The molecule has 0 radical (unpaired) electrons. The van der Waals surface area contributed by atoms with E-state index in [0.717, 1.165) is 11.3 Å². The van der Waals surface area contributed by atoms with Crippen LogP contribution in [0.4, 0.5) is 11.4 Å². The average molecular weight is 609 g/mol. The molecule has 4 aromatic rings. The number of ether oxygens (including phenoxy) is 1. The number of rotatable bonds is 7. The minimum absolute atomic E-state index is 0.0796. The lowest BCUT2D eigenvalue weighted by atomic mass is 9.94. The molecule has 14 heteroatoms. The smallest absolute Gasteiger partial charge is 0.338 e. The predicted molar refractivity (Wildman–Crippen MR) is 154 cm³/mol. The van der Waals surface area contributed by atoms with Crippen LogP contribution < -0.4 is 14.9 Å². The van der Waals surface area contributed by atoms with E-state index >= 15 is 0 Å². The molecule has 1 aliphatic rings. The molecule has 5 rings (SSSR count). The van der Waals surface area contributed by atoms with Gasteiger partial charge in [-0.05, 0) is 44.5 Å². The Labute approximate surface area is 245 Å². The molecule has 1 aliphatic heterocycles. The zero-order chi connectivity index (χ0) is 30.3. The van der Waals surface area contributed by atoms with Crippen molar-refractivity contribution < 1.29 is 23.8 Å². The summed E-state index contributed by atoms with van der Waals surface area (Å²) in [5.41, 5.74) is 0.657. The van der Waals surface area contributed by atoms with Gasteiger partial charge in [-0.1, -0.05) is 35.1 Å². The number of aryl methyl sites for hydroxylation is 1. The number of carbonyl (C=O) groups excluding carboxylic acids is 1. The molecule has 2 aromatic heterocycles. The number of allylic oxidation sites excluding steroid dienone is 1.